The van der Waals surface area contributed by atoms with E-state index in [0.717, 1.165) is 60.4 Å². The maximum atomic E-state index is 12.3. The molecule has 484 valence electrons. The van der Waals surface area contributed by atoms with Crippen LogP contribution in [0, 0.1) is 0 Å². The van der Waals surface area contributed by atoms with Crippen molar-refractivity contribution in [3.8, 4) is 0 Å². The van der Waals surface area contributed by atoms with Crippen molar-refractivity contribution in [1.82, 2.24) is 15.5 Å². The number of aliphatic imine (C=N–C) groups is 1. The number of halogens is 9. The Morgan fingerprint density at radius 2 is 0.900 bits per heavy atom. The Morgan fingerprint density at radius 1 is 0.556 bits per heavy atom. The monoisotopic (exact) mass is 1440 g/mol. The lowest BCUT2D eigenvalue weighted by atomic mass is 10.1. The third-order valence-corrected chi connectivity index (χ3v) is 13.8. The highest BCUT2D eigenvalue weighted by Gasteiger charge is 2.36. The fraction of sp³-hybridized carbons (Fsp3) is 0.303. The van der Waals surface area contributed by atoms with Gasteiger partial charge in [0.05, 0.1) is 37.6 Å². The number of ketones is 5. The van der Waals surface area contributed by atoms with E-state index in [2.05, 4.69) is 33.0 Å². The molecule has 0 radical (unpaired) electrons. The molecule has 2 aliphatic heterocycles. The number of carbonyl (C=O) groups is 6. The number of hydrogen-bond acceptors (Lipinski definition) is 13. The largest absolute Gasteiger partial charge is 0.388 e. The van der Waals surface area contributed by atoms with Crippen molar-refractivity contribution in [1.29, 1.82) is 0 Å². The summed E-state index contributed by atoms with van der Waals surface area (Å²) in [6.45, 7) is 11.0. The highest BCUT2D eigenvalue weighted by molar-refractivity contribution is 7.80. The van der Waals surface area contributed by atoms with Crippen LogP contribution in [0.4, 0.5) is 0 Å². The Morgan fingerprint density at radius 3 is 1.19 bits per heavy atom. The van der Waals surface area contributed by atoms with Gasteiger partial charge in [0.25, 0.3) is 0 Å². The van der Waals surface area contributed by atoms with E-state index >= 15 is 0 Å². The van der Waals surface area contributed by atoms with Gasteiger partial charge in [0, 0.05) is 51.0 Å². The van der Waals surface area contributed by atoms with Crippen molar-refractivity contribution in [3.05, 3.63) is 204 Å². The molecule has 0 aromatic heterocycles. The number of aliphatic hydroxyl groups excluding tert-OH is 1. The highest BCUT2D eigenvalue weighted by Crippen LogP contribution is 2.35. The first-order chi connectivity index (χ1) is 42.6. The Hall–Kier alpha value is -4.98. The van der Waals surface area contributed by atoms with E-state index < -0.39 is 29.6 Å². The number of Topliss-reactive ketones (excluding diaryl/α,β-unsaturated/α-hetero) is 1. The number of rotatable bonds is 17. The van der Waals surface area contributed by atoms with Gasteiger partial charge in [-0.15, -0.1) is 0 Å². The number of morpholine rings is 2. The van der Waals surface area contributed by atoms with Gasteiger partial charge in [-0.1, -0.05) is 280 Å². The first-order valence-corrected chi connectivity index (χ1v) is 31.7. The van der Waals surface area contributed by atoms with Crippen LogP contribution in [-0.4, -0.2) is 138 Å². The Bertz CT molecular complexity index is 3030. The standard InChI is InChI=1S/C17H19Cl3N2O2S.C13H10Cl3NOS.C12H11Cl3O2.C10H10O.C7H6O.C4H9NO.C3H6O/c18-17(19,20)15(21-16(25)22-8-10-24-11-9-22)12-14(23)7-6-13-4-2-1-3-5-13;14-13(15,16)12(17-9-19)8-11(18)7-6-10-4-2-1-3-5-10;13-12(14,15)11(17)8-10(16)7-6-9-4-2-1-3-5-9;1-9(11)7-8-10-5-3-2-4-6-10;8-6-7-4-2-1-3-5-7;1-3-6-4-2-5-1;1-3(2)4/h1-7,15H,8-12H2,(H,21,25);1-7,12H,8H2;1-7,11,17H,8H2;2-8H,1H3;1-6H;5H,1-4H2;1-2H3/b3*7-6+;8-7+;;;. The second-order valence-corrected chi connectivity index (χ2v) is 26.6. The maximum absolute atomic E-state index is 12.3. The zero-order valence-electron chi connectivity index (χ0n) is 49.5. The number of thiocarbonyl (C=S) groups is 2. The number of allylic oxidation sites excluding steroid dienone is 4. The van der Waals surface area contributed by atoms with E-state index in [9.17, 15) is 33.9 Å². The summed E-state index contributed by atoms with van der Waals surface area (Å²) in [7, 11) is 0. The Labute approximate surface area is 583 Å². The molecular formula is C66H71Cl9N4O9S2. The number of nitrogens with one attached hydrogen (secondary N) is 2. The van der Waals surface area contributed by atoms with E-state index in [4.69, 9.17) is 126 Å². The molecule has 13 nitrogen and oxygen atoms in total. The number of aliphatic hydroxyl groups is 1. The molecule has 3 atom stereocenters. The zero-order valence-corrected chi connectivity index (χ0v) is 57.9. The van der Waals surface area contributed by atoms with Crippen molar-refractivity contribution < 1.29 is 43.3 Å². The van der Waals surface area contributed by atoms with E-state index in [1.807, 2.05) is 151 Å². The van der Waals surface area contributed by atoms with Gasteiger partial charge in [-0.05, 0) is 91.8 Å². The molecule has 2 heterocycles. The molecule has 5 aromatic carbocycles. The summed E-state index contributed by atoms with van der Waals surface area (Å²) < 4.78 is 5.12. The molecule has 0 aliphatic carbocycles. The SMILES string of the molecule is C1COCCN1.CC(=O)/C=C/c1ccccc1.CC(C)=O.O=C(/C=C/c1ccccc1)CC(N=C=S)C(Cl)(Cl)Cl.O=C(/C=C/c1ccccc1)CC(NC(=S)N1CCOCC1)C(Cl)(Cl)Cl.O=C(/C=C/c1ccccc1)CC(O)C(Cl)(Cl)Cl.O=Cc1ccccc1. The smallest absolute Gasteiger partial charge is 0.216 e. The molecule has 0 spiro atoms. The highest BCUT2D eigenvalue weighted by atomic mass is 35.6. The summed E-state index contributed by atoms with van der Waals surface area (Å²) >= 11 is 61.4. The summed E-state index contributed by atoms with van der Waals surface area (Å²) in [4.78, 5) is 71.1. The van der Waals surface area contributed by atoms with Crippen molar-refractivity contribution in [2.24, 2.45) is 4.99 Å². The average Bonchev–Trinajstić information content (AvgIpc) is 3.02. The number of carbonyl (C=O) groups excluding carboxylic acids is 6. The topological polar surface area (TPSA) is 181 Å². The normalized spacial score (nSPS) is 13.9. The molecule has 0 saturated carbocycles. The average molecular weight is 1450 g/mol. The van der Waals surface area contributed by atoms with Gasteiger partial charge >= 0.3 is 0 Å². The fourth-order valence-corrected chi connectivity index (χ4v) is 8.00. The summed E-state index contributed by atoms with van der Waals surface area (Å²) in [5.74, 6) is -0.409. The number of hydrogen-bond donors (Lipinski definition) is 3. The van der Waals surface area contributed by atoms with Crippen LogP contribution in [0.2, 0.25) is 0 Å². The van der Waals surface area contributed by atoms with Gasteiger partial charge < -0.3 is 34.9 Å². The molecule has 90 heavy (non-hydrogen) atoms. The summed E-state index contributed by atoms with van der Waals surface area (Å²) in [6.07, 6.45) is 12.0. The predicted molar refractivity (Wildman–Crippen MR) is 381 cm³/mol. The van der Waals surface area contributed by atoms with Gasteiger partial charge in [-0.2, -0.15) is 0 Å². The van der Waals surface area contributed by atoms with E-state index in [-0.39, 0.29) is 48.2 Å². The quantitative estimate of drug-likeness (QED) is 0.0263. The molecule has 2 saturated heterocycles. The van der Waals surface area contributed by atoms with Crippen LogP contribution in [0.3, 0.4) is 0 Å². The first kappa shape index (κ1) is 83.0. The molecular weight excluding hydrogens is 1380 g/mol. The molecule has 2 fully saturated rings. The molecule has 7 rings (SSSR count). The first-order valence-electron chi connectivity index (χ1n) is 27.5. The third kappa shape index (κ3) is 44.5. The van der Waals surface area contributed by atoms with E-state index in [0.29, 0.717) is 31.4 Å². The lowest BCUT2D eigenvalue weighted by Crippen LogP contribution is -2.52. The van der Waals surface area contributed by atoms with Crippen molar-refractivity contribution in [3.63, 3.8) is 0 Å². The van der Waals surface area contributed by atoms with Crippen molar-refractivity contribution >= 4 is 199 Å². The van der Waals surface area contributed by atoms with Crippen LogP contribution in [0.25, 0.3) is 24.3 Å². The third-order valence-electron chi connectivity index (χ3n) is 11.0. The minimum atomic E-state index is -1.84. The van der Waals surface area contributed by atoms with Gasteiger partial charge in [0.2, 0.25) is 11.4 Å². The number of aldehydes is 1. The van der Waals surface area contributed by atoms with Crippen LogP contribution >= 0.6 is 129 Å². The molecule has 3 N–H and O–H groups in total. The van der Waals surface area contributed by atoms with Crippen LogP contribution in [-0.2, 0) is 33.4 Å². The summed E-state index contributed by atoms with van der Waals surface area (Å²) in [6, 6.07) is 45.5. The molecule has 3 unspecified atom stereocenters. The van der Waals surface area contributed by atoms with Gasteiger partial charge in [-0.3, -0.25) is 24.0 Å². The maximum Gasteiger partial charge on any atom is 0.216 e. The van der Waals surface area contributed by atoms with Crippen LogP contribution in [0.1, 0.15) is 72.6 Å². The van der Waals surface area contributed by atoms with Crippen LogP contribution < -0.4 is 10.6 Å². The van der Waals surface area contributed by atoms with Crippen LogP contribution in [0.5, 0.6) is 0 Å². The minimum absolute atomic E-state index is 0.0182. The minimum Gasteiger partial charge on any atom is -0.388 e. The Kier molecular flexibility index (Phi) is 45.0. The fourth-order valence-electron chi connectivity index (χ4n) is 6.54. The van der Waals surface area contributed by atoms with E-state index in [1.54, 1.807) is 43.4 Å². The number of isothiocyanates is 1. The van der Waals surface area contributed by atoms with Crippen molar-refractivity contribution in [2.75, 3.05) is 52.6 Å². The number of nitrogens with zero attached hydrogens (tertiary/aromatic N) is 2. The molecule has 5 aromatic rings. The second kappa shape index (κ2) is 48.7. The van der Waals surface area contributed by atoms with Gasteiger partial charge in [0.1, 0.15) is 24.2 Å². The van der Waals surface area contributed by atoms with Gasteiger partial charge in [0.15, 0.2) is 28.2 Å². The van der Waals surface area contributed by atoms with Crippen molar-refractivity contribution in [2.45, 2.75) is 69.6 Å². The lowest BCUT2D eigenvalue weighted by Gasteiger charge is -2.33. The Balaban J connectivity index is 0.000000560. The number of alkyl halides is 9. The molecule has 0 bridgehead atoms. The zero-order chi connectivity index (χ0) is 67.2. The molecule has 24 heteroatoms. The number of ether oxygens (including phenoxy) is 2. The summed E-state index contributed by atoms with van der Waals surface area (Å²) in [5, 5.41) is 18.2. The van der Waals surface area contributed by atoms with E-state index in [1.165, 1.54) is 32.1 Å². The summed E-state index contributed by atoms with van der Waals surface area (Å²) in [5.41, 5.74) is 4.53. The van der Waals surface area contributed by atoms with Gasteiger partial charge in [-0.25, -0.2) is 4.99 Å². The number of benzene rings is 5. The second-order valence-electron chi connectivity index (χ2n) is 18.9. The van der Waals surface area contributed by atoms with Crippen LogP contribution in [0.15, 0.2) is 181 Å². The molecule has 2 aliphatic rings. The predicted octanol–water partition coefficient (Wildman–Crippen LogP) is 15.5. The lowest BCUT2D eigenvalue weighted by molar-refractivity contribution is -0.116. The molecule has 0 amide bonds.